The minimum Gasteiger partial charge on any atom is -0.382 e. The van der Waals surface area contributed by atoms with E-state index in [2.05, 4.69) is 16.0 Å². The van der Waals surface area contributed by atoms with Crippen molar-refractivity contribution in [2.45, 2.75) is 5.16 Å². The Balaban J connectivity index is 2.38. The van der Waals surface area contributed by atoms with Crippen LogP contribution in [0.2, 0.25) is 0 Å². The molecule has 0 radical (unpaired) electrons. The molecule has 0 aliphatic carbocycles. The number of nitrogen functional groups attached to an aromatic ring is 1. The first-order valence-electron chi connectivity index (χ1n) is 6.34. The lowest BCUT2D eigenvalue weighted by Crippen LogP contribution is -2.02. The third kappa shape index (κ3) is 2.30. The summed E-state index contributed by atoms with van der Waals surface area (Å²) in [6, 6.07) is 16.1. The molecule has 0 fully saturated rings. The molecule has 21 heavy (non-hydrogen) atoms. The van der Waals surface area contributed by atoms with Gasteiger partial charge in [-0.15, -0.1) is 0 Å². The molecule has 1 aromatic heterocycles. The van der Waals surface area contributed by atoms with Crippen molar-refractivity contribution in [3.8, 4) is 17.3 Å². The molecule has 1 heterocycles. The molecule has 3 rings (SSSR count). The van der Waals surface area contributed by atoms with Crippen molar-refractivity contribution >= 4 is 28.4 Å². The molecule has 3 aromatic rings. The Kier molecular flexibility index (Phi) is 3.46. The SMILES string of the molecule is CSc1nc(N)c(C#N)c(-c2cccc3ccccc23)n1. The number of aromatic nitrogens is 2. The first kappa shape index (κ1) is 13.4. The number of hydrogen-bond donors (Lipinski definition) is 1. The van der Waals surface area contributed by atoms with Gasteiger partial charge < -0.3 is 5.73 Å². The Hall–Kier alpha value is -2.58. The van der Waals surface area contributed by atoms with Crippen LogP contribution >= 0.6 is 11.8 Å². The summed E-state index contributed by atoms with van der Waals surface area (Å²) in [7, 11) is 0. The van der Waals surface area contributed by atoms with Crippen LogP contribution in [0.5, 0.6) is 0 Å². The molecule has 0 aliphatic heterocycles. The second kappa shape index (κ2) is 5.43. The Labute approximate surface area is 126 Å². The minimum absolute atomic E-state index is 0.222. The number of rotatable bonds is 2. The van der Waals surface area contributed by atoms with Gasteiger partial charge in [-0.05, 0) is 17.0 Å². The number of anilines is 1. The van der Waals surface area contributed by atoms with Crippen LogP contribution in [-0.4, -0.2) is 16.2 Å². The average Bonchev–Trinajstić information content (AvgIpc) is 2.53. The summed E-state index contributed by atoms with van der Waals surface area (Å²) in [5.41, 5.74) is 7.71. The van der Waals surface area contributed by atoms with Crippen LogP contribution in [0.3, 0.4) is 0 Å². The predicted octanol–water partition coefficient (Wildman–Crippen LogP) is 3.47. The van der Waals surface area contributed by atoms with Gasteiger partial charge in [0.25, 0.3) is 0 Å². The van der Waals surface area contributed by atoms with E-state index in [-0.39, 0.29) is 5.82 Å². The molecule has 0 aliphatic rings. The Morgan fingerprint density at radius 1 is 1.10 bits per heavy atom. The zero-order chi connectivity index (χ0) is 14.8. The van der Waals surface area contributed by atoms with E-state index in [0.29, 0.717) is 16.4 Å². The van der Waals surface area contributed by atoms with Gasteiger partial charge in [0, 0.05) is 5.56 Å². The maximum atomic E-state index is 9.38. The van der Waals surface area contributed by atoms with Crippen molar-refractivity contribution < 1.29 is 0 Å². The molecule has 0 spiro atoms. The predicted molar refractivity (Wildman–Crippen MR) is 85.9 cm³/mol. The molecule has 102 valence electrons. The molecule has 5 heteroatoms. The van der Waals surface area contributed by atoms with Gasteiger partial charge in [0.05, 0.1) is 5.69 Å². The summed E-state index contributed by atoms with van der Waals surface area (Å²) in [5, 5.41) is 12.1. The minimum atomic E-state index is 0.222. The highest BCUT2D eigenvalue weighted by atomic mass is 32.2. The normalized spacial score (nSPS) is 10.5. The molecule has 4 nitrogen and oxygen atoms in total. The highest BCUT2D eigenvalue weighted by molar-refractivity contribution is 7.98. The average molecular weight is 292 g/mol. The van der Waals surface area contributed by atoms with Gasteiger partial charge in [-0.2, -0.15) is 5.26 Å². The smallest absolute Gasteiger partial charge is 0.189 e. The number of nitrogens with zero attached hydrogens (tertiary/aromatic N) is 3. The third-order valence-corrected chi connectivity index (χ3v) is 3.80. The van der Waals surface area contributed by atoms with Crippen LogP contribution in [0.1, 0.15) is 5.56 Å². The number of thioether (sulfide) groups is 1. The van der Waals surface area contributed by atoms with Crippen LogP contribution in [0, 0.1) is 11.3 Å². The maximum Gasteiger partial charge on any atom is 0.189 e. The van der Waals surface area contributed by atoms with E-state index in [1.54, 1.807) is 0 Å². The number of nitriles is 1. The van der Waals surface area contributed by atoms with E-state index in [0.717, 1.165) is 16.3 Å². The number of nitrogens with two attached hydrogens (primary N) is 1. The Bertz CT molecular complexity index is 863. The van der Waals surface area contributed by atoms with Gasteiger partial charge in [-0.1, -0.05) is 54.2 Å². The summed E-state index contributed by atoms with van der Waals surface area (Å²) in [4.78, 5) is 8.63. The fraction of sp³-hybridized carbons (Fsp3) is 0.0625. The van der Waals surface area contributed by atoms with Crippen molar-refractivity contribution in [2.75, 3.05) is 12.0 Å². The Morgan fingerprint density at radius 3 is 2.62 bits per heavy atom. The molecule has 0 saturated heterocycles. The lowest BCUT2D eigenvalue weighted by Gasteiger charge is -2.10. The topological polar surface area (TPSA) is 75.6 Å². The summed E-state index contributed by atoms with van der Waals surface area (Å²) in [6.07, 6.45) is 1.88. The fourth-order valence-electron chi connectivity index (χ4n) is 2.29. The second-order valence-corrected chi connectivity index (χ2v) is 5.23. The number of fused-ring (bicyclic) bond motifs is 1. The highest BCUT2D eigenvalue weighted by Gasteiger charge is 2.15. The fourth-order valence-corrected chi connectivity index (χ4v) is 2.66. The molecule has 2 N–H and O–H groups in total. The monoisotopic (exact) mass is 292 g/mol. The summed E-state index contributed by atoms with van der Waals surface area (Å²) >= 11 is 1.40. The third-order valence-electron chi connectivity index (χ3n) is 3.26. The molecular formula is C16H12N4S. The van der Waals surface area contributed by atoms with Crippen molar-refractivity contribution in [1.29, 1.82) is 5.26 Å². The van der Waals surface area contributed by atoms with E-state index in [1.165, 1.54) is 11.8 Å². The Morgan fingerprint density at radius 2 is 1.86 bits per heavy atom. The molecule has 0 amide bonds. The van der Waals surface area contributed by atoms with Crippen molar-refractivity contribution in [1.82, 2.24) is 9.97 Å². The van der Waals surface area contributed by atoms with E-state index < -0.39 is 0 Å². The first-order valence-corrected chi connectivity index (χ1v) is 7.57. The van der Waals surface area contributed by atoms with Gasteiger partial charge in [0.15, 0.2) is 5.16 Å². The highest BCUT2D eigenvalue weighted by Crippen LogP contribution is 2.32. The first-order chi connectivity index (χ1) is 10.2. The van der Waals surface area contributed by atoms with Crippen LogP contribution in [0.15, 0.2) is 47.6 Å². The summed E-state index contributed by atoms with van der Waals surface area (Å²) in [6.45, 7) is 0. The maximum absolute atomic E-state index is 9.38. The van der Waals surface area contributed by atoms with Gasteiger partial charge in [0.1, 0.15) is 17.5 Å². The zero-order valence-electron chi connectivity index (χ0n) is 11.4. The van der Waals surface area contributed by atoms with E-state index in [9.17, 15) is 5.26 Å². The standard InChI is InChI=1S/C16H12N4S/c1-21-16-19-14(13(9-17)15(18)20-16)12-8-4-6-10-5-2-3-7-11(10)12/h2-8H,1H3,(H2,18,19,20). The quantitative estimate of drug-likeness (QED) is 0.578. The largest absolute Gasteiger partial charge is 0.382 e. The van der Waals surface area contributed by atoms with Gasteiger partial charge in [-0.25, -0.2) is 9.97 Å². The summed E-state index contributed by atoms with van der Waals surface area (Å²) in [5.74, 6) is 0.222. The van der Waals surface area contributed by atoms with Crippen molar-refractivity contribution in [3.05, 3.63) is 48.0 Å². The van der Waals surface area contributed by atoms with Crippen LogP contribution in [0.4, 0.5) is 5.82 Å². The second-order valence-electron chi connectivity index (χ2n) is 4.46. The molecule has 0 unspecified atom stereocenters. The molecule has 2 aromatic carbocycles. The number of benzene rings is 2. The van der Waals surface area contributed by atoms with E-state index in [4.69, 9.17) is 5.73 Å². The molecular weight excluding hydrogens is 280 g/mol. The molecule has 0 atom stereocenters. The van der Waals surface area contributed by atoms with Gasteiger partial charge in [-0.3, -0.25) is 0 Å². The summed E-state index contributed by atoms with van der Waals surface area (Å²) < 4.78 is 0. The van der Waals surface area contributed by atoms with E-state index >= 15 is 0 Å². The van der Waals surface area contributed by atoms with E-state index in [1.807, 2.05) is 48.7 Å². The number of hydrogen-bond acceptors (Lipinski definition) is 5. The van der Waals surface area contributed by atoms with Crippen LogP contribution in [0.25, 0.3) is 22.0 Å². The lowest BCUT2D eigenvalue weighted by molar-refractivity contribution is 0.980. The molecule has 0 bridgehead atoms. The zero-order valence-corrected chi connectivity index (χ0v) is 12.2. The van der Waals surface area contributed by atoms with Gasteiger partial charge >= 0.3 is 0 Å². The van der Waals surface area contributed by atoms with Gasteiger partial charge in [0.2, 0.25) is 0 Å². The van der Waals surface area contributed by atoms with Crippen molar-refractivity contribution in [3.63, 3.8) is 0 Å². The lowest BCUT2D eigenvalue weighted by atomic mass is 9.99. The van der Waals surface area contributed by atoms with Crippen LogP contribution < -0.4 is 5.73 Å². The van der Waals surface area contributed by atoms with Crippen molar-refractivity contribution in [2.24, 2.45) is 0 Å². The van der Waals surface area contributed by atoms with Crippen LogP contribution in [-0.2, 0) is 0 Å². The molecule has 0 saturated carbocycles.